The second kappa shape index (κ2) is 57.8. The molecule has 0 aliphatic heterocycles. The minimum atomic E-state index is 0. The summed E-state index contributed by atoms with van der Waals surface area (Å²) in [4.78, 5) is 0. The van der Waals surface area contributed by atoms with Crippen molar-refractivity contribution < 1.29 is 27.6 Å². The van der Waals surface area contributed by atoms with Gasteiger partial charge in [0, 0.05) is 23.9 Å². The van der Waals surface area contributed by atoms with Crippen LogP contribution >= 0.6 is 0 Å². The van der Waals surface area contributed by atoms with Crippen LogP contribution in [0.25, 0.3) is 0 Å². The van der Waals surface area contributed by atoms with Crippen molar-refractivity contribution in [3.63, 3.8) is 0 Å². The number of hydrogen-bond donors (Lipinski definition) is 0. The Hall–Kier alpha value is 1.30. The van der Waals surface area contributed by atoms with E-state index in [2.05, 4.69) is 0 Å². The first-order valence-corrected chi connectivity index (χ1v) is 1.98. The van der Waals surface area contributed by atoms with Gasteiger partial charge in [0.25, 0.3) is 0 Å². The van der Waals surface area contributed by atoms with Crippen LogP contribution in [0.2, 0.25) is 0 Å². The molecule has 0 heterocycles. The molecule has 5 heavy (non-hydrogen) atoms. The van der Waals surface area contributed by atoms with Crippen LogP contribution in [-0.4, -0.2) is 34.0 Å². The van der Waals surface area contributed by atoms with Crippen molar-refractivity contribution in [3.8, 4) is 0 Å². The Bertz CT molecular complexity index is 11.6. The zero-order valence-electron chi connectivity index (χ0n) is 2.22. The molecule has 0 saturated heterocycles. The van der Waals surface area contributed by atoms with Crippen LogP contribution in [0.15, 0.2) is 0 Å². The molecule has 26 valence electrons. The van der Waals surface area contributed by atoms with Gasteiger partial charge >= 0.3 is 33.3 Å². The van der Waals surface area contributed by atoms with Crippen molar-refractivity contribution in [2.24, 2.45) is 0 Å². The summed E-state index contributed by atoms with van der Waals surface area (Å²) in [5, 5.41) is 0. The minimum Gasteiger partial charge on any atom is 0 e. The molecule has 0 aromatic carbocycles. The molecule has 0 aliphatic carbocycles. The second-order valence-electron chi connectivity index (χ2n) is 0. The Labute approximate surface area is 61.4 Å². The molecule has 5 heteroatoms. The van der Waals surface area contributed by atoms with Crippen LogP contribution in [0.1, 0.15) is 0 Å². The third-order valence-electron chi connectivity index (χ3n) is 0. The Balaban J connectivity index is -0.0000000133. The first kappa shape index (κ1) is 16.2. The molecule has 0 bridgehead atoms. The van der Waals surface area contributed by atoms with Gasteiger partial charge in [-0.1, -0.05) is 0 Å². The van der Waals surface area contributed by atoms with E-state index in [9.17, 15) is 0 Å². The molecule has 0 saturated carbocycles. The van der Waals surface area contributed by atoms with Gasteiger partial charge in [0.15, 0.2) is 0 Å². The van der Waals surface area contributed by atoms with Crippen LogP contribution in [-0.2, 0) is 27.6 Å². The van der Waals surface area contributed by atoms with Crippen molar-refractivity contribution in [1.82, 2.24) is 0 Å². The maximum absolute atomic E-state index is 8.33. The zero-order chi connectivity index (χ0) is 4.00. The fourth-order valence-electron chi connectivity index (χ4n) is 0. The van der Waals surface area contributed by atoms with Gasteiger partial charge in [-0.3, -0.25) is 0 Å². The van der Waals surface area contributed by atoms with Gasteiger partial charge < -0.3 is 4.46 Å². The fourth-order valence-corrected chi connectivity index (χ4v) is 0. The Morgan fingerprint density at radius 2 is 1.20 bits per heavy atom. The third kappa shape index (κ3) is 34.1. The van der Waals surface area contributed by atoms with Crippen LogP contribution in [0.4, 0.5) is 0 Å². The predicted molar refractivity (Wildman–Crippen MR) is 12.9 cm³/mol. The van der Waals surface area contributed by atoms with Gasteiger partial charge in [0.05, 0.1) is 0 Å². The van der Waals surface area contributed by atoms with Gasteiger partial charge in [-0.05, 0) is 0 Å². The topological polar surface area (TPSA) is 34.1 Å². The molecule has 0 unspecified atom stereocenters. The van der Waals surface area contributed by atoms with E-state index in [1.807, 2.05) is 0 Å². The molecule has 0 atom stereocenters. The molecule has 2 nitrogen and oxygen atoms in total. The molecule has 0 fully saturated rings. The van der Waals surface area contributed by atoms with Crippen molar-refractivity contribution >= 4 is 34.0 Å². The first-order chi connectivity index (χ1) is 2.00. The quantitative estimate of drug-likeness (QED) is 0.518. The molecule has 0 N–H and O–H groups in total. The monoisotopic (exact) mass is 364 g/mol. The van der Waals surface area contributed by atoms with Gasteiger partial charge in [0.1, 0.15) is 0 Å². The maximum Gasteiger partial charge on any atom is 0 e. The normalized spacial score (nSPS) is 1.60. The Morgan fingerprint density at radius 1 is 1.20 bits per heavy atom. The summed E-state index contributed by atoms with van der Waals surface area (Å²) in [7, 11) is 1.72. The van der Waals surface area contributed by atoms with E-state index in [4.69, 9.17) is 7.86 Å². The van der Waals surface area contributed by atoms with Gasteiger partial charge in [-0.2, -0.15) is 0 Å². The fraction of sp³-hybridized carbons (Fsp3) is 0. The van der Waals surface area contributed by atoms with Crippen LogP contribution < -0.4 is 0 Å². The van der Waals surface area contributed by atoms with E-state index >= 15 is 0 Å². The van der Waals surface area contributed by atoms with E-state index in [-0.39, 0.29) is 23.9 Å². The molecular formula is O2SiSnW. The number of hydrogen-bond acceptors (Lipinski definition) is 2. The van der Waals surface area contributed by atoms with E-state index in [1.165, 1.54) is 0 Å². The van der Waals surface area contributed by atoms with Crippen LogP contribution in [0, 0.1) is 0 Å². The van der Waals surface area contributed by atoms with Crippen molar-refractivity contribution in [1.29, 1.82) is 0 Å². The maximum atomic E-state index is 8.33. The molecule has 0 rings (SSSR count). The Morgan fingerprint density at radius 3 is 1.20 bits per heavy atom. The van der Waals surface area contributed by atoms with E-state index in [1.54, 1.807) is 10.1 Å². The summed E-state index contributed by atoms with van der Waals surface area (Å²) in [5.74, 6) is 0. The zero-order valence-corrected chi connectivity index (χ0v) is 9.01. The third-order valence-corrected chi connectivity index (χ3v) is 0. The largest absolute Gasteiger partial charge is 0 e. The average molecular weight is 363 g/mol. The predicted octanol–water partition coefficient (Wildman–Crippen LogP) is -1.00. The number of rotatable bonds is 0. The average Bonchev–Trinajstić information content (AvgIpc) is 1.50. The molecule has 0 spiro atoms. The molecule has 0 amide bonds. The first-order valence-electron chi connectivity index (χ1n) is 0.371. The van der Waals surface area contributed by atoms with E-state index in [0.717, 1.165) is 0 Å². The van der Waals surface area contributed by atoms with Crippen LogP contribution in [0.5, 0.6) is 0 Å². The van der Waals surface area contributed by atoms with Crippen molar-refractivity contribution in [2.45, 2.75) is 0 Å². The summed E-state index contributed by atoms with van der Waals surface area (Å²) in [6, 6.07) is 0. The van der Waals surface area contributed by atoms with Crippen molar-refractivity contribution in [2.75, 3.05) is 0 Å². The molecule has 0 aromatic heterocycles. The van der Waals surface area contributed by atoms with Crippen LogP contribution in [0.3, 0.4) is 0 Å². The standard InChI is InChI=1S/OSi.O.Sn.W/c1-2;;;. The SMILES string of the molecule is O=[Si].[O]=[W].[Sn]. The summed E-state index contributed by atoms with van der Waals surface area (Å²) in [6.45, 7) is 0. The smallest absolute Gasteiger partial charge is 0 e. The second-order valence-corrected chi connectivity index (χ2v) is 0. The minimum absolute atomic E-state index is 0. The summed E-state index contributed by atoms with van der Waals surface area (Å²) in [5.41, 5.74) is 0. The van der Waals surface area contributed by atoms with Gasteiger partial charge in [-0.15, -0.1) is 0 Å². The molecular weight excluding hydrogens is 363 g/mol. The summed E-state index contributed by atoms with van der Waals surface area (Å²) < 4.78 is 16.4. The van der Waals surface area contributed by atoms with E-state index in [0.29, 0.717) is 19.8 Å². The Kier molecular flexibility index (Phi) is 188. The molecule has 0 aliphatic rings. The van der Waals surface area contributed by atoms with Gasteiger partial charge in [-0.25, -0.2) is 0 Å². The van der Waals surface area contributed by atoms with E-state index < -0.39 is 0 Å². The molecule has 0 aromatic rings. The summed E-state index contributed by atoms with van der Waals surface area (Å²) in [6.07, 6.45) is 0. The summed E-state index contributed by atoms with van der Waals surface area (Å²) >= 11 is 0.333. The van der Waals surface area contributed by atoms with Gasteiger partial charge in [0.2, 0.25) is 0 Å². The molecule has 6 radical (unpaired) electrons. The van der Waals surface area contributed by atoms with Crippen molar-refractivity contribution in [3.05, 3.63) is 0 Å².